The number of carbonyl (C=O) groups excluding carboxylic acids is 1. The summed E-state index contributed by atoms with van der Waals surface area (Å²) in [6, 6.07) is 5.65. The van der Waals surface area contributed by atoms with Gasteiger partial charge in [-0.15, -0.1) is 0 Å². The summed E-state index contributed by atoms with van der Waals surface area (Å²) >= 11 is 0. The predicted molar refractivity (Wildman–Crippen MR) is 77.4 cm³/mol. The van der Waals surface area contributed by atoms with Crippen molar-refractivity contribution in [3.8, 4) is 0 Å². The number of nitrogens with two attached hydrogens (primary N) is 1. The van der Waals surface area contributed by atoms with E-state index in [1.807, 2.05) is 6.07 Å². The molecule has 1 atom stereocenters. The highest BCUT2D eigenvalue weighted by molar-refractivity contribution is 6.04. The highest BCUT2D eigenvalue weighted by Gasteiger charge is 2.32. The maximum Gasteiger partial charge on any atom is 0.248 e. The molecule has 1 amide bonds. The topological polar surface area (TPSA) is 49.6 Å². The Balaban J connectivity index is 1.83. The van der Waals surface area contributed by atoms with Gasteiger partial charge in [0, 0.05) is 31.9 Å². The summed E-state index contributed by atoms with van der Waals surface area (Å²) in [7, 11) is 3.92. The second-order valence-electron chi connectivity index (χ2n) is 5.80. The minimum atomic E-state index is -0.494. The first-order valence-electron chi connectivity index (χ1n) is 6.96. The first kappa shape index (κ1) is 12.5. The predicted octanol–water partition coefficient (Wildman–Crippen LogP) is 1.90. The molecular formula is C15H21N3O. The molecule has 1 aromatic rings. The summed E-state index contributed by atoms with van der Waals surface area (Å²) in [6.45, 7) is 1.10. The van der Waals surface area contributed by atoms with Crippen LogP contribution in [0.1, 0.15) is 30.9 Å². The van der Waals surface area contributed by atoms with Crippen molar-refractivity contribution in [2.45, 2.75) is 25.3 Å². The van der Waals surface area contributed by atoms with Crippen molar-refractivity contribution in [3.63, 3.8) is 0 Å². The maximum absolute atomic E-state index is 11.9. The van der Waals surface area contributed by atoms with Crippen LogP contribution in [0.15, 0.2) is 18.2 Å². The van der Waals surface area contributed by atoms with Crippen molar-refractivity contribution in [3.05, 3.63) is 23.8 Å². The van der Waals surface area contributed by atoms with Gasteiger partial charge in [0.05, 0.1) is 5.69 Å². The first-order chi connectivity index (χ1) is 9.08. The number of nitrogens with zero attached hydrogens (tertiary/aromatic N) is 2. The molecule has 19 heavy (non-hydrogen) atoms. The van der Waals surface area contributed by atoms with Crippen molar-refractivity contribution in [1.82, 2.24) is 0 Å². The van der Waals surface area contributed by atoms with Gasteiger partial charge in [0.1, 0.15) is 6.04 Å². The molecule has 1 aliphatic heterocycles. The average Bonchev–Trinajstić information content (AvgIpc) is 2.58. The summed E-state index contributed by atoms with van der Waals surface area (Å²) < 4.78 is 0. The zero-order valence-corrected chi connectivity index (χ0v) is 11.6. The van der Waals surface area contributed by atoms with Gasteiger partial charge in [-0.3, -0.25) is 4.79 Å². The van der Waals surface area contributed by atoms with Crippen molar-refractivity contribution in [2.75, 3.05) is 30.4 Å². The zero-order chi connectivity index (χ0) is 13.6. The fourth-order valence-corrected chi connectivity index (χ4v) is 2.95. The summed E-state index contributed by atoms with van der Waals surface area (Å²) in [5, 5.41) is 0. The van der Waals surface area contributed by atoms with E-state index in [2.05, 4.69) is 24.1 Å². The molecule has 2 aliphatic rings. The fraction of sp³-hybridized carbons (Fsp3) is 0.533. The molecule has 1 unspecified atom stereocenters. The molecule has 1 heterocycles. The van der Waals surface area contributed by atoms with Gasteiger partial charge >= 0.3 is 0 Å². The van der Waals surface area contributed by atoms with Crippen LogP contribution in [0, 0.1) is 5.92 Å². The number of carbonyl (C=O) groups is 1. The largest absolute Gasteiger partial charge is 0.374 e. The Kier molecular flexibility index (Phi) is 2.97. The number of rotatable bonds is 3. The smallest absolute Gasteiger partial charge is 0.248 e. The first-order valence-corrected chi connectivity index (χ1v) is 6.96. The van der Waals surface area contributed by atoms with Gasteiger partial charge in [-0.05, 0) is 30.9 Å². The number of amides is 1. The Labute approximate surface area is 114 Å². The van der Waals surface area contributed by atoms with E-state index in [1.165, 1.54) is 24.9 Å². The van der Waals surface area contributed by atoms with Crippen molar-refractivity contribution in [1.29, 1.82) is 0 Å². The van der Waals surface area contributed by atoms with Crippen LogP contribution in [-0.2, 0) is 4.79 Å². The number of likely N-dealkylation sites (N-methyl/N-ethyl adjacent to an activating group) is 1. The SMILES string of the molecule is CN(CC1CCC1)c1ccc2c(c1)N(C)C(=O)C2N. The molecule has 0 bridgehead atoms. The third kappa shape index (κ3) is 2.00. The number of benzene rings is 1. The van der Waals surface area contributed by atoms with E-state index in [4.69, 9.17) is 5.73 Å². The summed E-state index contributed by atoms with van der Waals surface area (Å²) in [5.41, 5.74) is 8.97. The Morgan fingerprint density at radius 3 is 2.79 bits per heavy atom. The quantitative estimate of drug-likeness (QED) is 0.902. The molecule has 4 nitrogen and oxygen atoms in total. The second kappa shape index (κ2) is 4.53. The lowest BCUT2D eigenvalue weighted by atomic mass is 9.85. The standard InChI is InChI=1S/C15H21N3O/c1-17(9-10-4-3-5-10)11-6-7-12-13(8-11)18(2)15(19)14(12)16/h6-8,10,14H,3-5,9,16H2,1-2H3. The Morgan fingerprint density at radius 1 is 1.42 bits per heavy atom. The van der Waals surface area contributed by atoms with E-state index in [0.717, 1.165) is 23.7 Å². The molecule has 2 N–H and O–H groups in total. The lowest BCUT2D eigenvalue weighted by molar-refractivity contribution is -0.118. The molecule has 102 valence electrons. The molecule has 1 saturated carbocycles. The van der Waals surface area contributed by atoms with Crippen LogP contribution in [0.5, 0.6) is 0 Å². The lowest BCUT2D eigenvalue weighted by Crippen LogP contribution is -2.29. The van der Waals surface area contributed by atoms with Crippen molar-refractivity contribution in [2.24, 2.45) is 11.7 Å². The van der Waals surface area contributed by atoms with Crippen LogP contribution in [0.2, 0.25) is 0 Å². The third-order valence-corrected chi connectivity index (χ3v) is 4.50. The number of anilines is 2. The van der Waals surface area contributed by atoms with E-state index in [1.54, 1.807) is 11.9 Å². The van der Waals surface area contributed by atoms with Crippen LogP contribution in [0.3, 0.4) is 0 Å². The van der Waals surface area contributed by atoms with Gasteiger partial charge in [0.25, 0.3) is 0 Å². The van der Waals surface area contributed by atoms with Crippen molar-refractivity contribution < 1.29 is 4.79 Å². The van der Waals surface area contributed by atoms with Gasteiger partial charge in [-0.2, -0.15) is 0 Å². The summed E-state index contributed by atoms with van der Waals surface area (Å²) in [5.74, 6) is 0.814. The summed E-state index contributed by atoms with van der Waals surface area (Å²) in [6.07, 6.45) is 4.06. The molecule has 0 saturated heterocycles. The summed E-state index contributed by atoms with van der Waals surface area (Å²) in [4.78, 5) is 15.8. The van der Waals surface area contributed by atoms with Gasteiger partial charge < -0.3 is 15.5 Å². The van der Waals surface area contributed by atoms with Gasteiger partial charge in [0.15, 0.2) is 0 Å². The molecule has 0 aromatic heterocycles. The fourth-order valence-electron chi connectivity index (χ4n) is 2.95. The molecular weight excluding hydrogens is 238 g/mol. The minimum Gasteiger partial charge on any atom is -0.374 e. The Bertz CT molecular complexity index is 510. The molecule has 1 aliphatic carbocycles. The number of hydrogen-bond donors (Lipinski definition) is 1. The molecule has 3 rings (SSSR count). The second-order valence-corrected chi connectivity index (χ2v) is 5.80. The third-order valence-electron chi connectivity index (χ3n) is 4.50. The van der Waals surface area contributed by atoms with Crippen LogP contribution >= 0.6 is 0 Å². The highest BCUT2D eigenvalue weighted by Crippen LogP contribution is 2.37. The maximum atomic E-state index is 11.9. The van der Waals surface area contributed by atoms with Gasteiger partial charge in [0.2, 0.25) is 5.91 Å². The Morgan fingerprint density at radius 2 is 2.16 bits per heavy atom. The average molecular weight is 259 g/mol. The van der Waals surface area contributed by atoms with Crippen LogP contribution in [0.25, 0.3) is 0 Å². The van der Waals surface area contributed by atoms with Crippen LogP contribution in [0.4, 0.5) is 11.4 Å². The molecule has 1 fully saturated rings. The van der Waals surface area contributed by atoms with E-state index in [-0.39, 0.29) is 5.91 Å². The van der Waals surface area contributed by atoms with E-state index >= 15 is 0 Å². The molecule has 1 aromatic carbocycles. The minimum absolute atomic E-state index is 0.0196. The van der Waals surface area contributed by atoms with Crippen molar-refractivity contribution >= 4 is 17.3 Å². The number of fused-ring (bicyclic) bond motifs is 1. The van der Waals surface area contributed by atoms with Crippen LogP contribution < -0.4 is 15.5 Å². The highest BCUT2D eigenvalue weighted by atomic mass is 16.2. The lowest BCUT2D eigenvalue weighted by Gasteiger charge is -2.31. The van der Waals surface area contributed by atoms with Crippen LogP contribution in [-0.4, -0.2) is 26.5 Å². The van der Waals surface area contributed by atoms with E-state index in [0.29, 0.717) is 0 Å². The van der Waals surface area contributed by atoms with E-state index < -0.39 is 6.04 Å². The molecule has 0 spiro atoms. The normalized spacial score (nSPS) is 22.4. The zero-order valence-electron chi connectivity index (χ0n) is 11.6. The Hall–Kier alpha value is -1.55. The van der Waals surface area contributed by atoms with E-state index in [9.17, 15) is 4.79 Å². The molecule has 0 radical (unpaired) electrons. The molecule has 4 heteroatoms. The van der Waals surface area contributed by atoms with Gasteiger partial charge in [-0.25, -0.2) is 0 Å². The monoisotopic (exact) mass is 259 g/mol. The van der Waals surface area contributed by atoms with Gasteiger partial charge in [-0.1, -0.05) is 12.5 Å². The number of hydrogen-bond acceptors (Lipinski definition) is 3.